The molecule has 6 heteroatoms. The van der Waals surface area contributed by atoms with Gasteiger partial charge in [0.2, 0.25) is 5.91 Å². The predicted octanol–water partition coefficient (Wildman–Crippen LogP) is 3.23. The molecule has 1 heterocycles. The number of halogens is 3. The third-order valence-corrected chi connectivity index (χ3v) is 4.33. The molecule has 0 spiro atoms. The smallest absolute Gasteiger partial charge is 0.342 e. The van der Waals surface area contributed by atoms with Gasteiger partial charge < -0.3 is 10.6 Å². The maximum atomic E-state index is 12.7. The van der Waals surface area contributed by atoms with Crippen LogP contribution in [0.3, 0.4) is 0 Å². The molecule has 1 aromatic rings. The molecule has 1 aliphatic heterocycles. The topological polar surface area (TPSA) is 46.3 Å². The van der Waals surface area contributed by atoms with Crippen molar-refractivity contribution in [2.75, 3.05) is 19.6 Å². The maximum Gasteiger partial charge on any atom is 0.416 e. The highest BCUT2D eigenvalue weighted by Gasteiger charge is 2.30. The molecular weight excluding hydrogens is 305 g/mol. The summed E-state index contributed by atoms with van der Waals surface area (Å²) in [4.78, 5) is 13.7. The number of rotatable bonds is 5. The van der Waals surface area contributed by atoms with Crippen LogP contribution in [0.5, 0.6) is 0 Å². The van der Waals surface area contributed by atoms with E-state index >= 15 is 0 Å². The third-order valence-electron chi connectivity index (χ3n) is 4.33. The van der Waals surface area contributed by atoms with Crippen molar-refractivity contribution >= 4 is 5.91 Å². The van der Waals surface area contributed by atoms with Crippen molar-refractivity contribution in [2.45, 2.75) is 38.3 Å². The summed E-state index contributed by atoms with van der Waals surface area (Å²) in [5.41, 5.74) is 5.52. The van der Waals surface area contributed by atoms with Crippen LogP contribution in [0.2, 0.25) is 0 Å². The van der Waals surface area contributed by atoms with Crippen molar-refractivity contribution in [1.29, 1.82) is 0 Å². The maximum absolute atomic E-state index is 12.7. The van der Waals surface area contributed by atoms with E-state index < -0.39 is 11.7 Å². The summed E-state index contributed by atoms with van der Waals surface area (Å²) in [5.74, 6) is 0.427. The van der Waals surface area contributed by atoms with Gasteiger partial charge >= 0.3 is 6.18 Å². The molecule has 0 saturated carbocycles. The predicted molar refractivity (Wildman–Crippen MR) is 82.7 cm³/mol. The molecule has 0 unspecified atom stereocenters. The van der Waals surface area contributed by atoms with Gasteiger partial charge in [-0.15, -0.1) is 0 Å². The number of nitrogens with zero attached hydrogens (tertiary/aromatic N) is 1. The minimum absolute atomic E-state index is 0.0799. The van der Waals surface area contributed by atoms with E-state index in [1.165, 1.54) is 12.1 Å². The van der Waals surface area contributed by atoms with E-state index in [1.54, 1.807) is 6.07 Å². The van der Waals surface area contributed by atoms with Crippen LogP contribution in [0.1, 0.15) is 36.8 Å². The van der Waals surface area contributed by atoms with Crippen LogP contribution in [-0.2, 0) is 17.4 Å². The Morgan fingerprint density at radius 2 is 2.13 bits per heavy atom. The summed E-state index contributed by atoms with van der Waals surface area (Å²) in [5, 5.41) is 0. The number of aryl methyl sites for hydroxylation is 1. The molecule has 1 aliphatic rings. The second kappa shape index (κ2) is 7.81. The van der Waals surface area contributed by atoms with Crippen molar-refractivity contribution in [3.8, 4) is 0 Å². The number of hydrogen-bond donors (Lipinski definition) is 1. The number of benzene rings is 1. The molecule has 0 aliphatic carbocycles. The summed E-state index contributed by atoms with van der Waals surface area (Å²) in [6.45, 7) is 1.81. The number of alkyl halides is 3. The highest BCUT2D eigenvalue weighted by atomic mass is 19.4. The molecule has 1 amide bonds. The fourth-order valence-electron chi connectivity index (χ4n) is 3.08. The van der Waals surface area contributed by atoms with E-state index in [9.17, 15) is 18.0 Å². The number of nitrogens with two attached hydrogens (primary N) is 1. The van der Waals surface area contributed by atoms with Crippen LogP contribution in [0.15, 0.2) is 24.3 Å². The summed E-state index contributed by atoms with van der Waals surface area (Å²) in [7, 11) is 0. The Morgan fingerprint density at radius 3 is 2.83 bits per heavy atom. The van der Waals surface area contributed by atoms with Gasteiger partial charge in [0.15, 0.2) is 0 Å². The van der Waals surface area contributed by atoms with Gasteiger partial charge in [0.05, 0.1) is 5.56 Å². The van der Waals surface area contributed by atoms with Gasteiger partial charge in [-0.3, -0.25) is 4.79 Å². The van der Waals surface area contributed by atoms with Crippen LogP contribution in [0.25, 0.3) is 0 Å². The second-order valence-corrected chi connectivity index (χ2v) is 6.12. The standard InChI is InChI=1S/C17H23F3N2O/c18-17(19,20)15-5-1-3-13(11-15)6-7-14-4-2-10-22(12-14)16(23)8-9-21/h1,3,5,11,14H,2,4,6-10,12,21H2/t14-/m1/s1. The zero-order chi connectivity index (χ0) is 16.9. The fourth-order valence-corrected chi connectivity index (χ4v) is 3.08. The van der Waals surface area contributed by atoms with Crippen molar-refractivity contribution in [1.82, 2.24) is 4.90 Å². The number of hydrogen-bond acceptors (Lipinski definition) is 2. The van der Waals surface area contributed by atoms with E-state index in [-0.39, 0.29) is 5.91 Å². The molecule has 0 radical (unpaired) electrons. The van der Waals surface area contributed by atoms with Crippen LogP contribution in [0.4, 0.5) is 13.2 Å². The lowest BCUT2D eigenvalue weighted by Gasteiger charge is -2.33. The Kier molecular flexibility index (Phi) is 6.04. The van der Waals surface area contributed by atoms with E-state index in [2.05, 4.69) is 0 Å². The van der Waals surface area contributed by atoms with Gasteiger partial charge in [-0.2, -0.15) is 13.2 Å². The molecule has 23 heavy (non-hydrogen) atoms. The minimum atomic E-state index is -4.30. The summed E-state index contributed by atoms with van der Waals surface area (Å²) >= 11 is 0. The molecule has 128 valence electrons. The van der Waals surface area contributed by atoms with Crippen molar-refractivity contribution in [3.05, 3.63) is 35.4 Å². The SMILES string of the molecule is NCCC(=O)N1CCC[C@H](CCc2cccc(C(F)(F)F)c2)C1. The Labute approximate surface area is 134 Å². The lowest BCUT2D eigenvalue weighted by molar-refractivity contribution is -0.137. The van der Waals surface area contributed by atoms with Crippen molar-refractivity contribution in [2.24, 2.45) is 11.7 Å². The molecule has 1 atom stereocenters. The Hall–Kier alpha value is -1.56. The molecule has 2 N–H and O–H groups in total. The van der Waals surface area contributed by atoms with Gasteiger partial charge in [-0.25, -0.2) is 0 Å². The van der Waals surface area contributed by atoms with E-state index in [4.69, 9.17) is 5.73 Å². The first-order chi connectivity index (χ1) is 10.9. The highest BCUT2D eigenvalue weighted by molar-refractivity contribution is 5.76. The van der Waals surface area contributed by atoms with E-state index in [1.807, 2.05) is 4.90 Å². The van der Waals surface area contributed by atoms with Crippen molar-refractivity contribution < 1.29 is 18.0 Å². The fraction of sp³-hybridized carbons (Fsp3) is 0.588. The number of amides is 1. The number of likely N-dealkylation sites (tertiary alicyclic amines) is 1. The first kappa shape index (κ1) is 17.8. The monoisotopic (exact) mass is 328 g/mol. The van der Waals surface area contributed by atoms with Crippen LogP contribution in [0, 0.1) is 5.92 Å². The van der Waals surface area contributed by atoms with Crippen molar-refractivity contribution in [3.63, 3.8) is 0 Å². The van der Waals surface area contributed by atoms with Gasteiger partial charge in [-0.1, -0.05) is 18.2 Å². The summed E-state index contributed by atoms with van der Waals surface area (Å²) in [6.07, 6.45) is -0.567. The highest BCUT2D eigenvalue weighted by Crippen LogP contribution is 2.30. The average Bonchev–Trinajstić information content (AvgIpc) is 2.53. The number of piperidine rings is 1. The summed E-state index contributed by atoms with van der Waals surface area (Å²) < 4.78 is 38.2. The zero-order valence-corrected chi connectivity index (χ0v) is 13.1. The van der Waals surface area contributed by atoms with Crippen LogP contribution < -0.4 is 5.73 Å². The second-order valence-electron chi connectivity index (χ2n) is 6.12. The first-order valence-corrected chi connectivity index (χ1v) is 8.04. The number of carbonyl (C=O) groups is 1. The Bertz CT molecular complexity index is 531. The molecule has 1 saturated heterocycles. The quantitative estimate of drug-likeness (QED) is 0.902. The van der Waals surface area contributed by atoms with Crippen LogP contribution in [-0.4, -0.2) is 30.4 Å². The average molecular weight is 328 g/mol. The third kappa shape index (κ3) is 5.23. The molecule has 2 rings (SSSR count). The van der Waals surface area contributed by atoms with Gasteiger partial charge in [0.1, 0.15) is 0 Å². The minimum Gasteiger partial charge on any atom is -0.342 e. The van der Waals surface area contributed by atoms with E-state index in [0.717, 1.165) is 31.9 Å². The van der Waals surface area contributed by atoms with Gasteiger partial charge in [0, 0.05) is 26.1 Å². The Balaban J connectivity index is 1.89. The van der Waals surface area contributed by atoms with Gasteiger partial charge in [-0.05, 0) is 43.2 Å². The molecule has 0 bridgehead atoms. The Morgan fingerprint density at radius 1 is 1.35 bits per heavy atom. The van der Waals surface area contributed by atoms with Gasteiger partial charge in [0.25, 0.3) is 0 Å². The van der Waals surface area contributed by atoms with E-state index in [0.29, 0.717) is 37.4 Å². The largest absolute Gasteiger partial charge is 0.416 e. The molecule has 0 aromatic heterocycles. The normalized spacial score (nSPS) is 19.0. The number of carbonyl (C=O) groups excluding carboxylic acids is 1. The first-order valence-electron chi connectivity index (χ1n) is 8.04. The summed E-state index contributed by atoms with van der Waals surface area (Å²) in [6, 6.07) is 5.50. The zero-order valence-electron chi connectivity index (χ0n) is 13.1. The van der Waals surface area contributed by atoms with Crippen LogP contribution >= 0.6 is 0 Å². The molecule has 1 aromatic carbocycles. The molecule has 1 fully saturated rings. The lowest BCUT2D eigenvalue weighted by atomic mass is 9.91. The lowest BCUT2D eigenvalue weighted by Crippen LogP contribution is -2.40. The molecule has 3 nitrogen and oxygen atoms in total. The molecular formula is C17H23F3N2O.